The normalized spacial score (nSPS) is 11.0. The molecule has 0 spiro atoms. The zero-order valence-corrected chi connectivity index (χ0v) is 10.1. The molecule has 0 N–H and O–H groups in total. The summed E-state index contributed by atoms with van der Waals surface area (Å²) in [7, 11) is 1.82. The molecule has 0 unspecified atom stereocenters. The molecular weight excluding hydrogens is 298 g/mol. The molecule has 68 valence electrons. The Bertz CT molecular complexity index is 450. The summed E-state index contributed by atoms with van der Waals surface area (Å²) in [5.74, 6) is 0. The lowest BCUT2D eigenvalue weighted by molar-refractivity contribution is 0.665. The molecule has 0 atom stereocenters. The Hall–Kier alpha value is -0.420. The molecule has 1 heterocycles. The topological polar surface area (TPSA) is 30.7 Å². The number of hydrogen-bond acceptors (Lipinski definition) is 2. The molecule has 0 amide bonds. The summed E-state index contributed by atoms with van der Waals surface area (Å²) in [6.07, 6.45) is 0. The molecule has 2 rings (SSSR count). The van der Waals surface area contributed by atoms with Crippen LogP contribution in [0, 0.1) is 0 Å². The summed E-state index contributed by atoms with van der Waals surface area (Å²) >= 11 is 6.87. The van der Waals surface area contributed by atoms with Gasteiger partial charge in [0, 0.05) is 16.9 Å². The molecule has 0 bridgehead atoms. The highest BCUT2D eigenvalue weighted by atomic mass is 79.9. The fourth-order valence-electron chi connectivity index (χ4n) is 1.21. The lowest BCUT2D eigenvalue weighted by atomic mass is 10.2. The van der Waals surface area contributed by atoms with Crippen molar-refractivity contribution in [2.75, 3.05) is 0 Å². The number of rotatable bonds is 1. The van der Waals surface area contributed by atoms with Gasteiger partial charge in [-0.05, 0) is 33.6 Å². The van der Waals surface area contributed by atoms with E-state index in [1.165, 1.54) is 5.56 Å². The molecule has 1 aromatic carbocycles. The first kappa shape index (κ1) is 9.15. The van der Waals surface area contributed by atoms with E-state index in [9.17, 15) is 0 Å². The summed E-state index contributed by atoms with van der Waals surface area (Å²) in [4.78, 5) is 1.58. The van der Waals surface area contributed by atoms with Crippen molar-refractivity contribution >= 4 is 42.9 Å². The quantitative estimate of drug-likeness (QED) is 0.758. The Kier molecular flexibility index (Phi) is 2.38. The Balaban J connectivity index is 2.75. The van der Waals surface area contributed by atoms with Crippen LogP contribution in [0.1, 0.15) is 5.56 Å². The van der Waals surface area contributed by atoms with E-state index in [0.29, 0.717) is 0 Å². The zero-order chi connectivity index (χ0) is 9.42. The predicted octanol–water partition coefficient (Wildman–Crippen LogP) is 2.63. The molecule has 3 nitrogen and oxygen atoms in total. The minimum Gasteiger partial charge on any atom is -0.187 e. The third kappa shape index (κ3) is 1.62. The first-order valence-corrected chi connectivity index (χ1v) is 5.67. The summed E-state index contributed by atoms with van der Waals surface area (Å²) in [6.45, 7) is 0. The van der Waals surface area contributed by atoms with Crippen LogP contribution in [-0.4, -0.2) is 15.0 Å². The van der Waals surface area contributed by atoms with E-state index in [4.69, 9.17) is 0 Å². The largest absolute Gasteiger partial charge is 0.187 e. The monoisotopic (exact) mass is 303 g/mol. The minimum absolute atomic E-state index is 0.831. The molecule has 0 fully saturated rings. The second-order valence-corrected chi connectivity index (χ2v) is 4.18. The average molecular weight is 305 g/mol. The SMILES string of the molecule is Cn1nc2cc(CBr)cc(Br)c2n1. The van der Waals surface area contributed by atoms with Gasteiger partial charge in [0.1, 0.15) is 11.0 Å². The maximum absolute atomic E-state index is 4.24. The van der Waals surface area contributed by atoms with E-state index in [1.807, 2.05) is 19.2 Å². The Labute approximate surface area is 92.4 Å². The molecule has 0 radical (unpaired) electrons. The van der Waals surface area contributed by atoms with Crippen LogP contribution >= 0.6 is 31.9 Å². The molecule has 0 aliphatic carbocycles. The van der Waals surface area contributed by atoms with Crippen molar-refractivity contribution in [1.29, 1.82) is 0 Å². The van der Waals surface area contributed by atoms with Gasteiger partial charge in [-0.3, -0.25) is 0 Å². The van der Waals surface area contributed by atoms with Gasteiger partial charge in [-0.15, -0.1) is 0 Å². The molecule has 1 aromatic heterocycles. The second-order valence-electron chi connectivity index (χ2n) is 2.77. The maximum atomic E-state index is 4.24. The molecule has 0 aliphatic heterocycles. The average Bonchev–Trinajstić information content (AvgIpc) is 2.46. The third-order valence-electron chi connectivity index (χ3n) is 1.75. The van der Waals surface area contributed by atoms with Gasteiger partial charge in [0.05, 0.1) is 0 Å². The third-order valence-corrected chi connectivity index (χ3v) is 3.01. The van der Waals surface area contributed by atoms with Gasteiger partial charge in [-0.2, -0.15) is 15.0 Å². The van der Waals surface area contributed by atoms with Crippen molar-refractivity contribution < 1.29 is 0 Å². The van der Waals surface area contributed by atoms with Crippen LogP contribution in [0.25, 0.3) is 11.0 Å². The molecular formula is C8H7Br2N3. The molecule has 13 heavy (non-hydrogen) atoms. The lowest BCUT2D eigenvalue weighted by Gasteiger charge is -1.95. The molecule has 2 aromatic rings. The van der Waals surface area contributed by atoms with Crippen LogP contribution in [0.4, 0.5) is 0 Å². The van der Waals surface area contributed by atoms with Gasteiger partial charge in [0.2, 0.25) is 0 Å². The van der Waals surface area contributed by atoms with Crippen LogP contribution in [0.2, 0.25) is 0 Å². The van der Waals surface area contributed by atoms with Gasteiger partial charge in [0.15, 0.2) is 0 Å². The smallest absolute Gasteiger partial charge is 0.127 e. The molecule has 0 aliphatic rings. The van der Waals surface area contributed by atoms with Gasteiger partial charge < -0.3 is 0 Å². The van der Waals surface area contributed by atoms with Crippen molar-refractivity contribution in [3.05, 3.63) is 22.2 Å². The van der Waals surface area contributed by atoms with Gasteiger partial charge >= 0.3 is 0 Å². The Morgan fingerprint density at radius 3 is 2.85 bits per heavy atom. The number of hydrogen-bond donors (Lipinski definition) is 0. The standard InChI is InChI=1S/C8H7Br2N3/c1-13-11-7-3-5(4-9)2-6(10)8(7)12-13/h2-3H,4H2,1H3. The Morgan fingerprint density at radius 1 is 1.38 bits per heavy atom. The van der Waals surface area contributed by atoms with Gasteiger partial charge in [-0.1, -0.05) is 15.9 Å². The van der Waals surface area contributed by atoms with Crippen LogP contribution in [0.3, 0.4) is 0 Å². The van der Waals surface area contributed by atoms with E-state index in [1.54, 1.807) is 4.80 Å². The van der Waals surface area contributed by atoms with Crippen LogP contribution < -0.4 is 0 Å². The summed E-state index contributed by atoms with van der Waals surface area (Å²) in [5.41, 5.74) is 3.03. The van der Waals surface area contributed by atoms with Crippen molar-refractivity contribution in [2.24, 2.45) is 7.05 Å². The number of fused-ring (bicyclic) bond motifs is 1. The fourth-order valence-corrected chi connectivity index (χ4v) is 2.11. The van der Waals surface area contributed by atoms with E-state index in [2.05, 4.69) is 42.1 Å². The number of benzene rings is 1. The van der Waals surface area contributed by atoms with E-state index in [-0.39, 0.29) is 0 Å². The number of halogens is 2. The number of nitrogens with zero attached hydrogens (tertiary/aromatic N) is 3. The first-order valence-electron chi connectivity index (χ1n) is 3.76. The van der Waals surface area contributed by atoms with Crippen molar-refractivity contribution in [3.63, 3.8) is 0 Å². The van der Waals surface area contributed by atoms with E-state index in [0.717, 1.165) is 20.8 Å². The van der Waals surface area contributed by atoms with Crippen LogP contribution in [0.15, 0.2) is 16.6 Å². The number of aromatic nitrogens is 3. The highest BCUT2D eigenvalue weighted by molar-refractivity contribution is 9.10. The molecule has 5 heteroatoms. The summed E-state index contributed by atoms with van der Waals surface area (Å²) in [5, 5.41) is 9.30. The van der Waals surface area contributed by atoms with Crippen molar-refractivity contribution in [3.8, 4) is 0 Å². The van der Waals surface area contributed by atoms with Crippen molar-refractivity contribution in [2.45, 2.75) is 5.33 Å². The van der Waals surface area contributed by atoms with E-state index < -0.39 is 0 Å². The highest BCUT2D eigenvalue weighted by Crippen LogP contribution is 2.23. The lowest BCUT2D eigenvalue weighted by Crippen LogP contribution is -1.90. The van der Waals surface area contributed by atoms with Gasteiger partial charge in [0.25, 0.3) is 0 Å². The molecule has 0 saturated carbocycles. The second kappa shape index (κ2) is 3.38. The molecule has 0 saturated heterocycles. The zero-order valence-electron chi connectivity index (χ0n) is 6.96. The maximum Gasteiger partial charge on any atom is 0.127 e. The summed E-state index contributed by atoms with van der Waals surface area (Å²) < 4.78 is 0.993. The minimum atomic E-state index is 0.831. The fraction of sp³-hybridized carbons (Fsp3) is 0.250. The Morgan fingerprint density at radius 2 is 2.15 bits per heavy atom. The number of alkyl halides is 1. The van der Waals surface area contributed by atoms with Crippen molar-refractivity contribution in [1.82, 2.24) is 15.0 Å². The van der Waals surface area contributed by atoms with Crippen LogP contribution in [0.5, 0.6) is 0 Å². The van der Waals surface area contributed by atoms with Crippen LogP contribution in [-0.2, 0) is 12.4 Å². The van der Waals surface area contributed by atoms with E-state index >= 15 is 0 Å². The summed E-state index contributed by atoms with van der Waals surface area (Å²) in [6, 6.07) is 4.08. The predicted molar refractivity (Wildman–Crippen MR) is 58.8 cm³/mol. The highest BCUT2D eigenvalue weighted by Gasteiger charge is 2.06. The number of aryl methyl sites for hydroxylation is 1. The first-order chi connectivity index (χ1) is 6.20. The van der Waals surface area contributed by atoms with Gasteiger partial charge in [-0.25, -0.2) is 0 Å².